The molecular formula is H9CeMoO54Si9W9. The molecule has 0 saturated heterocycles. The molecule has 0 rings (SSSR count). The molecule has 0 aliphatic carbocycles. The summed E-state index contributed by atoms with van der Waals surface area (Å²) in [5.74, 6) is 0. The van der Waals surface area contributed by atoms with Crippen LogP contribution in [0.1, 0.15) is 0 Å². The van der Waals surface area contributed by atoms with Gasteiger partial charge in [-0.25, -0.2) is 0 Å². The Morgan fingerprint density at radius 2 is 0.243 bits per heavy atom. The average molecular weight is 3020 g/mol. The van der Waals surface area contributed by atoms with Crippen LogP contribution in [0.3, 0.4) is 0 Å². The van der Waals surface area contributed by atoms with E-state index in [-0.39, 0.29) is 62.8 Å². The third-order valence-corrected chi connectivity index (χ3v) is 38.3. The van der Waals surface area contributed by atoms with E-state index in [1.54, 1.807) is 0 Å². The standard InChI is InChI=1S/Ce.Mo.9O3Si.9H2O.18O.9W/c;;9*1-4(2)3;;;;;;;;;;;;;;;;;;;;;;;;;;;;;;;;;;;;/h;;;;;;;;;;;9*1H2;;;;;;;;;;;;;;;;;;;;;;;;;;;/q+3;+6;9*-2;;;;;;;;;;;;;;;;;;;;;;;;;;;;9*+2/p-9. The molecule has 0 aromatic heterocycles. The maximum Gasteiger partial charge on any atom is 6.00 e. The average Bonchev–Trinajstić information content (AvgIpc) is 2.87. The van der Waals surface area contributed by atoms with Gasteiger partial charge in [0.25, 0.3) is 0 Å². The summed E-state index contributed by atoms with van der Waals surface area (Å²) in [5.41, 5.74) is 0. The van der Waals surface area contributed by atoms with Crippen LogP contribution in [0.25, 0.3) is 0 Å². The van der Waals surface area contributed by atoms with Crippen molar-refractivity contribution in [3.8, 4) is 0 Å². The maximum absolute atomic E-state index is 9.53. The van der Waals surface area contributed by atoms with Gasteiger partial charge < -0.3 is 0 Å². The molecule has 0 aromatic carbocycles. The Hall–Kier alpha value is 0.852. The molecule has 0 unspecified atom stereocenters. The van der Waals surface area contributed by atoms with E-state index in [1.165, 1.54) is 0 Å². The molecule has 0 atom stereocenters. The van der Waals surface area contributed by atoms with E-state index in [9.17, 15) is 144 Å². The fourth-order valence-electron chi connectivity index (χ4n) is 0.774. The topological polar surface area (TPSA) is 934 Å². The molecule has 74 heteroatoms. The zero-order chi connectivity index (χ0) is 61.1. The Bertz CT molecular complexity index is 2220. The SMILES string of the molecule is O=[Si]([O-])[O][W](=[O])(=[O])[OH].O=[Si]([O-])[O][W](=[O])(=[O])[OH].O=[Si]([O-])[O][W](=[O])(=[O])[OH].O=[Si]([O-])[O][W](=[O])(=[O])[OH].O=[Si]([O-])[O][W](=[O])(=[O])[OH].O=[Si]([O-])[O][W](=[O])(=[O])[OH].O=[Si]([O-])[O][W](=[O])(=[O])[OH].O=[Si]([O-])[O][W](=[O])(=[O])[OH].O=[Si]([O-])[O][W](=[O])(=[O])[OH].[Ce+3].[Mo+6]. The molecule has 0 amide bonds. The molecular weight excluding hydrogens is 3010 g/mol. The van der Waals surface area contributed by atoms with Crippen molar-refractivity contribution in [2.75, 3.05) is 0 Å². The summed E-state index contributed by atoms with van der Waals surface area (Å²) in [6.07, 6.45) is 0. The van der Waals surface area contributed by atoms with Gasteiger partial charge in [0.15, 0.2) is 0 Å². The molecule has 54 nitrogen and oxygen atoms in total. The van der Waals surface area contributed by atoms with Gasteiger partial charge in [-0.15, -0.1) is 0 Å². The molecule has 433 valence electrons. The molecule has 74 heavy (non-hydrogen) atoms. The van der Waals surface area contributed by atoms with Crippen LogP contribution in [-0.2, 0) is 301 Å². The van der Waals surface area contributed by atoms with Gasteiger partial charge in [0.2, 0.25) is 0 Å². The van der Waals surface area contributed by atoms with Crippen molar-refractivity contribution in [2.24, 2.45) is 0 Å². The van der Waals surface area contributed by atoms with E-state index in [0.717, 1.165) is 0 Å². The van der Waals surface area contributed by atoms with Gasteiger partial charge in [0.1, 0.15) is 0 Å². The molecule has 0 spiro atoms. The van der Waals surface area contributed by atoms with Crippen molar-refractivity contribution in [2.45, 2.75) is 0 Å². The summed E-state index contributed by atoms with van der Waals surface area (Å²) < 4.78 is 353. The molecule has 1 radical (unpaired) electrons. The molecule has 0 aliphatic rings. The minimum atomic E-state index is -5.92. The monoisotopic (exact) mass is 3020 g/mol. The minimum absolute atomic E-state index is 0. The molecule has 0 saturated carbocycles. The predicted molar refractivity (Wildman–Crippen MR) is 100 cm³/mol. The molecule has 9 N–H and O–H groups in total. The van der Waals surface area contributed by atoms with Crippen LogP contribution in [-0.4, -0.2) is 116 Å². The van der Waals surface area contributed by atoms with E-state index >= 15 is 0 Å². The second kappa shape index (κ2) is 47.5. The first-order valence-electron chi connectivity index (χ1n) is 11.7. The first kappa shape index (κ1) is 100. The quantitative estimate of drug-likeness (QED) is 0.0576. The minimum Gasteiger partial charge on any atom is 3.00 e. The zero-order valence-electron chi connectivity index (χ0n) is 31.5. The van der Waals surface area contributed by atoms with Gasteiger partial charge in [-0.1, -0.05) is 0 Å². The van der Waals surface area contributed by atoms with Crippen LogP contribution in [0.5, 0.6) is 0 Å². The summed E-state index contributed by atoms with van der Waals surface area (Å²) in [4.78, 5) is 84.2. The van der Waals surface area contributed by atoms with Crippen LogP contribution < -0.4 is 43.2 Å². The normalized spacial score (nSPS) is 10.3. The van der Waals surface area contributed by atoms with Crippen LogP contribution in [0.4, 0.5) is 0 Å². The van der Waals surface area contributed by atoms with E-state index in [2.05, 4.69) is 27.7 Å². The molecule has 0 aliphatic heterocycles. The number of rotatable bonds is 18. The summed E-state index contributed by atoms with van der Waals surface area (Å²) >= 11 is -53.3. The van der Waals surface area contributed by atoms with E-state index in [4.69, 9.17) is 33.8 Å². The third-order valence-electron chi connectivity index (χ3n) is 1.56. The smallest absolute Gasteiger partial charge is 3.00 e. The predicted octanol–water partition coefficient (Wildman–Crippen LogP) is -23.0. The summed E-state index contributed by atoms with van der Waals surface area (Å²) in [6, 6.07) is 0. The Morgan fingerprint density at radius 1 is 0.203 bits per heavy atom. The second-order valence-electron chi connectivity index (χ2n) is 6.85. The molecule has 0 heterocycles. The Morgan fingerprint density at radius 3 is 0.243 bits per heavy atom. The van der Waals surface area contributed by atoms with Crippen molar-refractivity contribution in [3.63, 3.8) is 0 Å². The van der Waals surface area contributed by atoms with E-state index < -0.39 is 233 Å². The van der Waals surface area contributed by atoms with Gasteiger partial charge in [-0.3, -0.25) is 0 Å². The van der Waals surface area contributed by atoms with Gasteiger partial charge >= 0.3 is 502 Å². The summed E-state index contributed by atoms with van der Waals surface area (Å²) in [7, 11) is -34.0. The second-order valence-corrected chi connectivity index (χ2v) is 56.7. The number of hydrogen-bond acceptors (Lipinski definition) is 45. The third kappa shape index (κ3) is 179. The Labute approximate surface area is 493 Å². The molecule has 0 aromatic rings. The van der Waals surface area contributed by atoms with Crippen LogP contribution in [0, 0.1) is 41.7 Å². The molecule has 0 bridgehead atoms. The van der Waals surface area contributed by atoms with Crippen LogP contribution in [0.2, 0.25) is 0 Å². The van der Waals surface area contributed by atoms with Crippen LogP contribution >= 0.6 is 0 Å². The maximum atomic E-state index is 9.53. The van der Waals surface area contributed by atoms with Gasteiger partial charge in [-0.05, 0) is 0 Å². The van der Waals surface area contributed by atoms with Crippen LogP contribution in [0.15, 0.2) is 0 Å². The summed E-state index contributed by atoms with van der Waals surface area (Å²) in [5, 5.41) is 0. The molecule has 0 fully saturated rings. The zero-order valence-corrected chi connectivity index (χ0v) is 72.0. The largest absolute Gasteiger partial charge is 6.00 e. The van der Waals surface area contributed by atoms with Crippen molar-refractivity contribution in [1.82, 2.24) is 0 Å². The fraction of sp³-hybridized carbons (Fsp3) is 0. The van der Waals surface area contributed by atoms with Crippen molar-refractivity contribution >= 4 is 82.5 Å². The summed E-state index contributed by atoms with van der Waals surface area (Å²) in [6.45, 7) is 0. The van der Waals surface area contributed by atoms with Gasteiger partial charge in [0.05, 0.1) is 0 Å². The number of hydrogen-bond donors (Lipinski definition) is 9. The van der Waals surface area contributed by atoms with Crippen molar-refractivity contribution in [3.05, 3.63) is 0 Å². The Balaban J connectivity index is -0.0000000668. The van der Waals surface area contributed by atoms with E-state index in [0.29, 0.717) is 0 Å². The van der Waals surface area contributed by atoms with Crippen molar-refractivity contribution in [1.29, 1.82) is 0 Å². The van der Waals surface area contributed by atoms with Crippen molar-refractivity contribution < 1.29 is 420 Å². The first-order valence-corrected chi connectivity index (χ1v) is 66.8. The fourth-order valence-corrected chi connectivity index (χ4v) is 19.0. The first-order chi connectivity index (χ1) is 30.7. The van der Waals surface area contributed by atoms with Gasteiger partial charge in [0, 0.05) is 0 Å². The Kier molecular flexibility index (Phi) is 64.3. The van der Waals surface area contributed by atoms with Gasteiger partial charge in [-0.2, -0.15) is 0 Å². The van der Waals surface area contributed by atoms with E-state index in [1.807, 2.05) is 0 Å².